The summed E-state index contributed by atoms with van der Waals surface area (Å²) < 4.78 is 1.69. The maximum Gasteiger partial charge on any atom is 0.258 e. The zero-order valence-electron chi connectivity index (χ0n) is 19.7. The van der Waals surface area contributed by atoms with Crippen molar-refractivity contribution >= 4 is 51.4 Å². The molecule has 2 aromatic carbocycles. The molecule has 11 heteroatoms. The normalized spacial score (nSPS) is 10.9. The number of hydrogen-bond donors (Lipinski definition) is 3. The molecule has 0 radical (unpaired) electrons. The second-order valence-electron chi connectivity index (χ2n) is 8.14. The summed E-state index contributed by atoms with van der Waals surface area (Å²) in [6.07, 6.45) is 0. The van der Waals surface area contributed by atoms with Crippen LogP contribution in [0.15, 0.2) is 60.0 Å². The fourth-order valence-electron chi connectivity index (χ4n) is 3.65. The van der Waals surface area contributed by atoms with E-state index in [9.17, 15) is 9.59 Å². The van der Waals surface area contributed by atoms with Crippen LogP contribution in [0, 0.1) is 13.8 Å². The molecule has 3 N–H and O–H groups in total. The van der Waals surface area contributed by atoms with E-state index in [1.165, 1.54) is 18.3 Å². The predicted molar refractivity (Wildman–Crippen MR) is 140 cm³/mol. The highest BCUT2D eigenvalue weighted by Crippen LogP contribution is 2.27. The zero-order chi connectivity index (χ0) is 25.2. The smallest absolute Gasteiger partial charge is 0.258 e. The first-order valence-electron chi connectivity index (χ1n) is 11.1. The van der Waals surface area contributed by atoms with Crippen molar-refractivity contribution in [1.29, 1.82) is 0 Å². The van der Waals surface area contributed by atoms with Crippen LogP contribution in [-0.2, 0) is 4.79 Å². The quantitative estimate of drug-likeness (QED) is 0.306. The number of benzene rings is 2. The van der Waals surface area contributed by atoms with Gasteiger partial charge in [0.1, 0.15) is 0 Å². The number of amides is 2. The van der Waals surface area contributed by atoms with Gasteiger partial charge in [-0.25, -0.2) is 14.5 Å². The fourth-order valence-corrected chi connectivity index (χ4v) is 4.48. The van der Waals surface area contributed by atoms with E-state index in [1.807, 2.05) is 49.6 Å². The van der Waals surface area contributed by atoms with E-state index in [0.717, 1.165) is 28.3 Å². The average Bonchev–Trinajstić information content (AvgIpc) is 3.39. The minimum absolute atomic E-state index is 0.126. The van der Waals surface area contributed by atoms with Crippen molar-refractivity contribution in [2.75, 3.05) is 16.0 Å². The van der Waals surface area contributed by atoms with Crippen molar-refractivity contribution in [2.45, 2.75) is 20.8 Å². The van der Waals surface area contributed by atoms with Crippen LogP contribution in [0.2, 0.25) is 0 Å². The highest BCUT2D eigenvalue weighted by atomic mass is 32.1. The number of nitrogens with zero attached hydrogens (tertiary/aromatic N) is 5. The molecule has 0 saturated carbocycles. The lowest BCUT2D eigenvalue weighted by Crippen LogP contribution is -2.13. The van der Waals surface area contributed by atoms with E-state index in [0.29, 0.717) is 22.2 Å². The van der Waals surface area contributed by atoms with Crippen LogP contribution in [0.5, 0.6) is 0 Å². The molecule has 36 heavy (non-hydrogen) atoms. The number of anilines is 4. The van der Waals surface area contributed by atoms with Gasteiger partial charge >= 0.3 is 0 Å². The number of aromatic nitrogens is 5. The van der Waals surface area contributed by atoms with Gasteiger partial charge in [-0.3, -0.25) is 14.9 Å². The van der Waals surface area contributed by atoms with Crippen LogP contribution >= 0.6 is 11.3 Å². The molecule has 0 bridgehead atoms. The molecule has 0 aliphatic rings. The standard InChI is InChI=1S/C25H22N8O2S/c1-14-12-15(2)27-23(26-14)29-20-10-6-18(7-11-20)22(35)30-24-31-25-33(32-24)21(13-36-25)17-4-8-19(9-5-17)28-16(3)34/h4-13H,1-3H3,(H,28,34)(H,26,27,29)(H,30,32,35). The van der Waals surface area contributed by atoms with Crippen LogP contribution in [-0.4, -0.2) is 36.4 Å². The average molecular weight is 499 g/mol. The second-order valence-corrected chi connectivity index (χ2v) is 8.98. The Morgan fingerprint density at radius 2 is 1.50 bits per heavy atom. The third-order valence-electron chi connectivity index (χ3n) is 5.19. The molecule has 10 nitrogen and oxygen atoms in total. The summed E-state index contributed by atoms with van der Waals surface area (Å²) in [7, 11) is 0. The number of carbonyl (C=O) groups is 2. The molecule has 0 unspecified atom stereocenters. The van der Waals surface area contributed by atoms with Crippen LogP contribution in [0.1, 0.15) is 28.7 Å². The van der Waals surface area contributed by atoms with Crippen LogP contribution in [0.3, 0.4) is 0 Å². The first kappa shape index (κ1) is 23.1. The van der Waals surface area contributed by atoms with E-state index >= 15 is 0 Å². The van der Waals surface area contributed by atoms with Gasteiger partial charge in [-0.1, -0.05) is 12.1 Å². The molecular formula is C25H22N8O2S. The number of aryl methyl sites for hydroxylation is 2. The lowest BCUT2D eigenvalue weighted by Gasteiger charge is -2.07. The van der Waals surface area contributed by atoms with E-state index in [4.69, 9.17) is 0 Å². The molecule has 3 heterocycles. The highest BCUT2D eigenvalue weighted by Gasteiger charge is 2.15. The summed E-state index contributed by atoms with van der Waals surface area (Å²) in [5, 5.41) is 15.1. The number of fused-ring (bicyclic) bond motifs is 1. The minimum Gasteiger partial charge on any atom is -0.326 e. The van der Waals surface area contributed by atoms with Crippen LogP contribution in [0.4, 0.5) is 23.3 Å². The number of nitrogens with one attached hydrogen (secondary N) is 3. The molecule has 0 atom stereocenters. The Labute approximate surface area is 210 Å². The first-order chi connectivity index (χ1) is 17.3. The lowest BCUT2D eigenvalue weighted by atomic mass is 10.1. The monoisotopic (exact) mass is 498 g/mol. The lowest BCUT2D eigenvalue weighted by molar-refractivity contribution is -0.114. The summed E-state index contributed by atoms with van der Waals surface area (Å²) >= 11 is 1.42. The van der Waals surface area contributed by atoms with Gasteiger partial charge in [0.15, 0.2) is 0 Å². The predicted octanol–water partition coefficient (Wildman–Crippen LogP) is 4.82. The summed E-state index contributed by atoms with van der Waals surface area (Å²) in [6, 6.07) is 16.3. The van der Waals surface area contributed by atoms with Gasteiger partial charge in [-0.2, -0.15) is 4.98 Å². The molecule has 0 spiro atoms. The Morgan fingerprint density at radius 1 is 0.833 bits per heavy atom. The van der Waals surface area contributed by atoms with Crippen molar-refractivity contribution in [3.8, 4) is 11.3 Å². The molecule has 0 saturated heterocycles. The largest absolute Gasteiger partial charge is 0.326 e. The van der Waals surface area contributed by atoms with Crippen LogP contribution < -0.4 is 16.0 Å². The minimum atomic E-state index is -0.316. The molecule has 0 aliphatic carbocycles. The van der Waals surface area contributed by atoms with Crippen LogP contribution in [0.25, 0.3) is 16.2 Å². The van der Waals surface area contributed by atoms with Crippen molar-refractivity contribution in [3.05, 3.63) is 76.9 Å². The summed E-state index contributed by atoms with van der Waals surface area (Å²) in [4.78, 5) is 37.8. The number of thiazole rings is 1. The first-order valence-corrected chi connectivity index (χ1v) is 11.9. The van der Waals surface area contributed by atoms with Gasteiger partial charge in [-0.05, 0) is 56.3 Å². The summed E-state index contributed by atoms with van der Waals surface area (Å²) in [5.41, 5.74) is 5.44. The fraction of sp³-hybridized carbons (Fsp3) is 0.120. The Kier molecular flexibility index (Phi) is 6.13. The Bertz CT molecular complexity index is 1550. The molecule has 5 rings (SSSR count). The molecule has 2 amide bonds. The Hall–Kier alpha value is -4.64. The summed E-state index contributed by atoms with van der Waals surface area (Å²) in [5.74, 6) is 0.281. The van der Waals surface area contributed by atoms with Crippen molar-refractivity contribution < 1.29 is 9.59 Å². The maximum absolute atomic E-state index is 12.8. The number of carbonyl (C=O) groups excluding carboxylic acids is 2. The van der Waals surface area contributed by atoms with Gasteiger partial charge in [0, 0.05) is 46.2 Å². The van der Waals surface area contributed by atoms with E-state index in [-0.39, 0.29) is 17.8 Å². The zero-order valence-corrected chi connectivity index (χ0v) is 20.6. The third-order valence-corrected chi connectivity index (χ3v) is 6.01. The molecule has 180 valence electrons. The molecule has 0 fully saturated rings. The van der Waals surface area contributed by atoms with Crippen molar-refractivity contribution in [2.24, 2.45) is 0 Å². The Balaban J connectivity index is 1.28. The van der Waals surface area contributed by atoms with Crippen molar-refractivity contribution in [1.82, 2.24) is 24.6 Å². The van der Waals surface area contributed by atoms with Gasteiger partial charge in [-0.15, -0.1) is 16.4 Å². The molecule has 0 aliphatic heterocycles. The Morgan fingerprint density at radius 3 is 2.17 bits per heavy atom. The molecule has 3 aromatic heterocycles. The van der Waals surface area contributed by atoms with E-state index < -0.39 is 0 Å². The second kappa shape index (κ2) is 9.55. The van der Waals surface area contributed by atoms with Gasteiger partial charge < -0.3 is 10.6 Å². The highest BCUT2D eigenvalue weighted by molar-refractivity contribution is 7.15. The SMILES string of the molecule is CC(=O)Nc1ccc(-c2csc3nc(NC(=O)c4ccc(Nc5nc(C)cc(C)n5)cc4)nn23)cc1. The van der Waals surface area contributed by atoms with Gasteiger partial charge in [0.2, 0.25) is 16.8 Å². The molecular weight excluding hydrogens is 476 g/mol. The topological polar surface area (TPSA) is 126 Å². The third kappa shape index (κ3) is 5.05. The number of hydrogen-bond acceptors (Lipinski definition) is 8. The van der Waals surface area contributed by atoms with E-state index in [1.54, 1.807) is 28.8 Å². The number of rotatable bonds is 6. The molecule has 5 aromatic rings. The maximum atomic E-state index is 12.8. The van der Waals surface area contributed by atoms with Gasteiger partial charge in [0.05, 0.1) is 5.69 Å². The van der Waals surface area contributed by atoms with Gasteiger partial charge in [0.25, 0.3) is 11.9 Å². The van der Waals surface area contributed by atoms with Crippen molar-refractivity contribution in [3.63, 3.8) is 0 Å². The summed E-state index contributed by atoms with van der Waals surface area (Å²) in [6.45, 7) is 5.29. The van der Waals surface area contributed by atoms with E-state index in [2.05, 4.69) is 36.0 Å².